The lowest BCUT2D eigenvalue weighted by molar-refractivity contribution is -0.113. The molecule has 0 bridgehead atoms. The Morgan fingerprint density at radius 1 is 0.971 bits per heavy atom. The second-order valence-corrected chi connectivity index (χ2v) is 8.59. The summed E-state index contributed by atoms with van der Waals surface area (Å²) in [5, 5.41) is 6.62. The van der Waals surface area contributed by atoms with E-state index in [2.05, 4.69) is 22.5 Å². The maximum absolute atomic E-state index is 12.7. The highest BCUT2D eigenvalue weighted by Gasteiger charge is 2.12. The van der Waals surface area contributed by atoms with E-state index in [4.69, 9.17) is 0 Å². The standard InChI is InChI=1S/C27H26N4O2S/c1-2-21-11-6-7-14-24(21)30-25(32)19-34-27-28-15-16-31(27)23-13-8-12-22(17-23)26(33)29-18-20-9-4-3-5-10-20/h3-17H,2,18-19H2,1H3,(H,29,33)(H,30,32). The predicted octanol–water partition coefficient (Wildman–Crippen LogP) is 5.10. The van der Waals surface area contributed by atoms with Crippen LogP contribution in [0.3, 0.4) is 0 Å². The van der Waals surface area contributed by atoms with Crippen LogP contribution in [0.15, 0.2) is 96.4 Å². The molecule has 4 rings (SSSR count). The average Bonchev–Trinajstić information content (AvgIpc) is 3.36. The Morgan fingerprint density at radius 3 is 2.59 bits per heavy atom. The first-order valence-electron chi connectivity index (χ1n) is 11.1. The van der Waals surface area contributed by atoms with Crippen molar-refractivity contribution in [3.63, 3.8) is 0 Å². The van der Waals surface area contributed by atoms with E-state index in [1.54, 1.807) is 12.3 Å². The largest absolute Gasteiger partial charge is 0.348 e. The molecule has 0 atom stereocenters. The quantitative estimate of drug-likeness (QED) is 0.334. The molecule has 0 aliphatic carbocycles. The van der Waals surface area contributed by atoms with Gasteiger partial charge < -0.3 is 10.6 Å². The van der Waals surface area contributed by atoms with Crippen molar-refractivity contribution in [2.75, 3.05) is 11.1 Å². The summed E-state index contributed by atoms with van der Waals surface area (Å²) in [5.41, 5.74) is 4.36. The third kappa shape index (κ3) is 5.94. The van der Waals surface area contributed by atoms with E-state index in [0.717, 1.165) is 28.9 Å². The first kappa shape index (κ1) is 23.3. The number of hydrogen-bond donors (Lipinski definition) is 2. The van der Waals surface area contributed by atoms with Gasteiger partial charge in [0, 0.05) is 35.9 Å². The predicted molar refractivity (Wildman–Crippen MR) is 136 cm³/mol. The highest BCUT2D eigenvalue weighted by molar-refractivity contribution is 7.99. The molecule has 0 spiro atoms. The van der Waals surface area contributed by atoms with E-state index < -0.39 is 0 Å². The minimum Gasteiger partial charge on any atom is -0.348 e. The number of thioether (sulfide) groups is 1. The van der Waals surface area contributed by atoms with Crippen LogP contribution in [0.2, 0.25) is 0 Å². The Labute approximate surface area is 203 Å². The normalized spacial score (nSPS) is 10.6. The molecule has 6 nitrogen and oxygen atoms in total. The average molecular weight is 471 g/mol. The maximum Gasteiger partial charge on any atom is 0.251 e. The van der Waals surface area contributed by atoms with Crippen LogP contribution in [0.25, 0.3) is 5.69 Å². The smallest absolute Gasteiger partial charge is 0.251 e. The van der Waals surface area contributed by atoms with Crippen molar-refractivity contribution >= 4 is 29.3 Å². The number of carbonyl (C=O) groups is 2. The summed E-state index contributed by atoms with van der Waals surface area (Å²) >= 11 is 1.35. The number of hydrogen-bond acceptors (Lipinski definition) is 4. The summed E-state index contributed by atoms with van der Waals surface area (Å²) in [6, 6.07) is 25.0. The molecule has 2 amide bonds. The van der Waals surface area contributed by atoms with Gasteiger partial charge in [-0.3, -0.25) is 14.2 Å². The lowest BCUT2D eigenvalue weighted by atomic mass is 10.1. The van der Waals surface area contributed by atoms with Gasteiger partial charge in [-0.15, -0.1) is 0 Å². The molecule has 0 saturated carbocycles. The zero-order valence-corrected chi connectivity index (χ0v) is 19.7. The van der Waals surface area contributed by atoms with E-state index in [9.17, 15) is 9.59 Å². The summed E-state index contributed by atoms with van der Waals surface area (Å²) in [6.07, 6.45) is 4.37. The molecule has 0 saturated heterocycles. The molecule has 1 aromatic heterocycles. The van der Waals surface area contributed by atoms with E-state index in [-0.39, 0.29) is 17.6 Å². The van der Waals surface area contributed by atoms with Gasteiger partial charge in [0.25, 0.3) is 5.91 Å². The van der Waals surface area contributed by atoms with Gasteiger partial charge >= 0.3 is 0 Å². The molecule has 34 heavy (non-hydrogen) atoms. The van der Waals surface area contributed by atoms with Crippen LogP contribution in [0, 0.1) is 0 Å². The van der Waals surface area contributed by atoms with Gasteiger partial charge in [0.15, 0.2) is 5.16 Å². The van der Waals surface area contributed by atoms with Gasteiger partial charge in [-0.05, 0) is 41.8 Å². The van der Waals surface area contributed by atoms with Crippen LogP contribution in [-0.4, -0.2) is 27.1 Å². The minimum atomic E-state index is -0.144. The Bertz CT molecular complexity index is 1270. The molecule has 0 aliphatic rings. The van der Waals surface area contributed by atoms with E-state index in [1.165, 1.54) is 11.8 Å². The zero-order valence-electron chi connectivity index (χ0n) is 18.9. The second kappa shape index (κ2) is 11.3. The van der Waals surface area contributed by atoms with Gasteiger partial charge in [0.2, 0.25) is 5.91 Å². The van der Waals surface area contributed by atoms with Crippen LogP contribution in [0.5, 0.6) is 0 Å². The van der Waals surface area contributed by atoms with Gasteiger partial charge in [-0.1, -0.05) is 73.3 Å². The fourth-order valence-corrected chi connectivity index (χ4v) is 4.31. The fraction of sp³-hybridized carbons (Fsp3) is 0.148. The maximum atomic E-state index is 12.7. The molecule has 4 aromatic rings. The Kier molecular flexibility index (Phi) is 7.78. The number of anilines is 1. The lowest BCUT2D eigenvalue weighted by Gasteiger charge is -2.11. The van der Waals surface area contributed by atoms with Crippen LogP contribution in [-0.2, 0) is 17.8 Å². The highest BCUT2D eigenvalue weighted by Crippen LogP contribution is 2.22. The SMILES string of the molecule is CCc1ccccc1NC(=O)CSc1nccn1-c1cccc(C(=O)NCc2ccccc2)c1. The van der Waals surface area contributed by atoms with Crippen molar-refractivity contribution in [3.05, 3.63) is 108 Å². The number of imidazole rings is 1. The Morgan fingerprint density at radius 2 is 1.76 bits per heavy atom. The van der Waals surface area contributed by atoms with Crippen molar-refractivity contribution in [1.82, 2.24) is 14.9 Å². The lowest BCUT2D eigenvalue weighted by Crippen LogP contribution is -2.22. The van der Waals surface area contributed by atoms with Crippen molar-refractivity contribution in [1.29, 1.82) is 0 Å². The summed E-state index contributed by atoms with van der Waals surface area (Å²) in [4.78, 5) is 29.6. The third-order valence-electron chi connectivity index (χ3n) is 5.29. The summed E-state index contributed by atoms with van der Waals surface area (Å²) in [7, 11) is 0. The molecule has 0 unspecified atom stereocenters. The molecule has 3 aromatic carbocycles. The fourth-order valence-electron chi connectivity index (χ4n) is 3.54. The van der Waals surface area contributed by atoms with E-state index in [1.807, 2.05) is 83.6 Å². The minimum absolute atomic E-state index is 0.0884. The van der Waals surface area contributed by atoms with Gasteiger partial charge in [0.05, 0.1) is 5.75 Å². The number of aromatic nitrogens is 2. The molecule has 0 aliphatic heterocycles. The summed E-state index contributed by atoms with van der Waals surface area (Å²) in [6.45, 7) is 2.53. The van der Waals surface area contributed by atoms with Gasteiger partial charge in [-0.25, -0.2) is 4.98 Å². The third-order valence-corrected chi connectivity index (χ3v) is 6.26. The molecular weight excluding hydrogens is 444 g/mol. The number of rotatable bonds is 9. The monoisotopic (exact) mass is 470 g/mol. The van der Waals surface area contributed by atoms with E-state index >= 15 is 0 Å². The molecule has 2 N–H and O–H groups in total. The van der Waals surface area contributed by atoms with Crippen molar-refractivity contribution in [2.24, 2.45) is 0 Å². The summed E-state index contributed by atoms with van der Waals surface area (Å²) in [5.74, 6) is -0.00440. The van der Waals surface area contributed by atoms with Crippen molar-refractivity contribution in [2.45, 2.75) is 25.0 Å². The molecule has 172 valence electrons. The number of para-hydroxylation sites is 1. The van der Waals surface area contributed by atoms with Crippen LogP contribution in [0.4, 0.5) is 5.69 Å². The number of carbonyl (C=O) groups excluding carboxylic acids is 2. The number of nitrogens with zero attached hydrogens (tertiary/aromatic N) is 2. The molecule has 1 heterocycles. The van der Waals surface area contributed by atoms with Crippen LogP contribution in [0.1, 0.15) is 28.4 Å². The van der Waals surface area contributed by atoms with Gasteiger partial charge in [0.1, 0.15) is 0 Å². The van der Waals surface area contributed by atoms with Crippen molar-refractivity contribution in [3.8, 4) is 5.69 Å². The van der Waals surface area contributed by atoms with Crippen molar-refractivity contribution < 1.29 is 9.59 Å². The number of aryl methyl sites for hydroxylation is 1. The topological polar surface area (TPSA) is 76.0 Å². The number of nitrogens with one attached hydrogen (secondary N) is 2. The first-order chi connectivity index (χ1) is 16.6. The Balaban J connectivity index is 1.40. The molecular formula is C27H26N4O2S. The van der Waals surface area contributed by atoms with Crippen LogP contribution < -0.4 is 10.6 Å². The van der Waals surface area contributed by atoms with Gasteiger partial charge in [-0.2, -0.15) is 0 Å². The number of amides is 2. The zero-order chi connectivity index (χ0) is 23.8. The molecule has 7 heteroatoms. The first-order valence-corrected chi connectivity index (χ1v) is 12.1. The highest BCUT2D eigenvalue weighted by atomic mass is 32.2. The molecule has 0 fully saturated rings. The second-order valence-electron chi connectivity index (χ2n) is 7.65. The Hall–Kier alpha value is -3.84. The summed E-state index contributed by atoms with van der Waals surface area (Å²) < 4.78 is 1.88. The molecule has 0 radical (unpaired) electrons. The van der Waals surface area contributed by atoms with Crippen LogP contribution >= 0.6 is 11.8 Å². The number of benzene rings is 3. The van der Waals surface area contributed by atoms with E-state index in [0.29, 0.717) is 17.3 Å².